The normalized spacial score (nSPS) is 19.9. The van der Waals surface area contributed by atoms with E-state index in [2.05, 4.69) is 39.5 Å². The Hall–Kier alpha value is -2.71. The average Bonchev–Trinajstić information content (AvgIpc) is 2.85. The van der Waals surface area contributed by atoms with Crippen molar-refractivity contribution in [1.29, 1.82) is 0 Å². The van der Waals surface area contributed by atoms with E-state index >= 15 is 0 Å². The first kappa shape index (κ1) is 28.9. The van der Waals surface area contributed by atoms with Gasteiger partial charge in [-0.05, 0) is 58.2 Å². The Morgan fingerprint density at radius 1 is 1.05 bits per heavy atom. The number of nitrogens with two attached hydrogens (primary N) is 1. The lowest BCUT2D eigenvalue weighted by Gasteiger charge is -2.49. The van der Waals surface area contributed by atoms with Gasteiger partial charge in [0.15, 0.2) is 0 Å². The fourth-order valence-electron chi connectivity index (χ4n) is 4.87. The molecule has 0 aliphatic carbocycles. The predicted molar refractivity (Wildman–Crippen MR) is 152 cm³/mol. The topological polar surface area (TPSA) is 94.2 Å². The first-order valence-electron chi connectivity index (χ1n) is 12.8. The van der Waals surface area contributed by atoms with Gasteiger partial charge in [0.2, 0.25) is 0 Å². The van der Waals surface area contributed by atoms with E-state index < -0.39 is 23.3 Å². The van der Waals surface area contributed by atoms with Crippen molar-refractivity contribution in [1.82, 2.24) is 15.1 Å². The van der Waals surface area contributed by atoms with E-state index in [1.165, 1.54) is 16.0 Å². The van der Waals surface area contributed by atoms with E-state index in [-0.39, 0.29) is 0 Å². The van der Waals surface area contributed by atoms with Gasteiger partial charge < -0.3 is 15.7 Å². The van der Waals surface area contributed by atoms with Crippen LogP contribution < -0.4 is 11.1 Å². The molecule has 0 aromatic heterocycles. The fourth-order valence-corrected chi connectivity index (χ4v) is 5.07. The summed E-state index contributed by atoms with van der Waals surface area (Å²) in [6, 6.07) is 20.2. The Kier molecular flexibility index (Phi) is 9.90. The lowest BCUT2D eigenvalue weighted by atomic mass is 9.88. The maximum atomic E-state index is 11.7. The van der Waals surface area contributed by atoms with Crippen molar-refractivity contribution in [2.24, 2.45) is 10.7 Å². The number of benzene rings is 2. The van der Waals surface area contributed by atoms with Gasteiger partial charge in [0, 0.05) is 37.0 Å². The molecule has 0 saturated carbocycles. The molecule has 0 bridgehead atoms. The lowest BCUT2D eigenvalue weighted by molar-refractivity contribution is 0.0606. The predicted octanol–water partition coefficient (Wildman–Crippen LogP) is 5.42. The second kappa shape index (κ2) is 12.7. The van der Waals surface area contributed by atoms with Crippen molar-refractivity contribution in [2.45, 2.75) is 70.9 Å². The van der Waals surface area contributed by atoms with E-state index in [1.807, 2.05) is 64.1 Å². The molecule has 1 aliphatic heterocycles. The molecule has 8 heteroatoms. The summed E-state index contributed by atoms with van der Waals surface area (Å²) in [5.74, 6) is 0. The molecule has 0 spiro atoms. The Morgan fingerprint density at radius 3 is 2.08 bits per heavy atom. The molecular formula is C29H40ClN5O2. The number of aliphatic imine (C=N–C) groups is 1. The summed E-state index contributed by atoms with van der Waals surface area (Å²) >= 11 is 6.62. The van der Waals surface area contributed by atoms with Gasteiger partial charge in [-0.15, -0.1) is 0 Å². The molecule has 0 radical (unpaired) electrons. The second-order valence-electron chi connectivity index (χ2n) is 10.6. The average molecular weight is 526 g/mol. The Balaban J connectivity index is 1.87. The Bertz CT molecular complexity index is 1040. The molecule has 2 aromatic rings. The summed E-state index contributed by atoms with van der Waals surface area (Å²) in [4.78, 5) is 19.9. The highest BCUT2D eigenvalue weighted by Crippen LogP contribution is 2.34. The number of nitrogens with zero attached hydrogens (tertiary/aromatic N) is 3. The minimum absolute atomic E-state index is 0.435. The molecule has 2 unspecified atom stereocenters. The van der Waals surface area contributed by atoms with Crippen LogP contribution in [0.1, 0.15) is 51.7 Å². The van der Waals surface area contributed by atoms with Crippen LogP contribution >= 0.6 is 11.6 Å². The van der Waals surface area contributed by atoms with Gasteiger partial charge in [0.1, 0.15) is 10.8 Å². The van der Waals surface area contributed by atoms with Crippen molar-refractivity contribution in [3.8, 4) is 0 Å². The van der Waals surface area contributed by atoms with Gasteiger partial charge >= 0.3 is 6.09 Å². The summed E-state index contributed by atoms with van der Waals surface area (Å²) in [7, 11) is 0. The van der Waals surface area contributed by atoms with E-state index in [0.29, 0.717) is 31.3 Å². The SMILES string of the molecule is CC1=C(Cl)N=CC(N)C1(NCCCCN(C(=O)O)C(C)(C)C)N(Cc1ccccc1)Cc1ccccc1. The minimum Gasteiger partial charge on any atom is -0.465 e. The number of carboxylic acid groups (broad SMARTS) is 1. The standard InChI is InChI=1S/C29H40ClN5O2/c1-22-26(30)32-19-25(31)29(22,33-17-11-12-18-35(27(36)37)28(2,3)4)34(20-23-13-7-5-8-14-23)21-24-15-9-6-10-16-24/h5-10,13-16,19,25,33H,11-12,17-18,20-21,31H2,1-4H3,(H,36,37). The van der Waals surface area contributed by atoms with Crippen LogP contribution in [0.15, 0.2) is 76.4 Å². The Morgan fingerprint density at radius 2 is 1.59 bits per heavy atom. The zero-order valence-corrected chi connectivity index (χ0v) is 23.1. The highest BCUT2D eigenvalue weighted by molar-refractivity contribution is 6.30. The number of rotatable bonds is 11. The molecule has 4 N–H and O–H groups in total. The summed E-state index contributed by atoms with van der Waals surface area (Å²) in [5.41, 5.74) is 8.80. The van der Waals surface area contributed by atoms with Crippen LogP contribution in [0.2, 0.25) is 0 Å². The molecule has 1 amide bonds. The largest absolute Gasteiger partial charge is 0.465 e. The number of halogens is 1. The molecular weight excluding hydrogens is 486 g/mol. The number of unbranched alkanes of at least 4 members (excludes halogenated alkanes) is 1. The van der Waals surface area contributed by atoms with E-state index in [9.17, 15) is 9.90 Å². The zero-order valence-electron chi connectivity index (χ0n) is 22.3. The highest BCUT2D eigenvalue weighted by atomic mass is 35.5. The number of carbonyl (C=O) groups is 1. The summed E-state index contributed by atoms with van der Waals surface area (Å²) < 4.78 is 0. The molecule has 1 aliphatic rings. The minimum atomic E-state index is -0.898. The highest BCUT2D eigenvalue weighted by Gasteiger charge is 2.46. The van der Waals surface area contributed by atoms with Gasteiger partial charge in [0.25, 0.3) is 0 Å². The molecule has 0 fully saturated rings. The summed E-state index contributed by atoms with van der Waals surface area (Å²) in [5, 5.41) is 13.8. The molecule has 200 valence electrons. The van der Waals surface area contributed by atoms with Gasteiger partial charge in [-0.25, -0.2) is 9.79 Å². The quantitative estimate of drug-likeness (QED) is 0.207. The third-order valence-corrected chi connectivity index (χ3v) is 7.27. The van der Waals surface area contributed by atoms with Gasteiger partial charge in [-0.2, -0.15) is 0 Å². The summed E-state index contributed by atoms with van der Waals surface area (Å²) in [6.45, 7) is 10.1. The number of amides is 1. The summed E-state index contributed by atoms with van der Waals surface area (Å²) in [6.07, 6.45) is 2.33. The van der Waals surface area contributed by atoms with Crippen molar-refractivity contribution in [3.05, 3.63) is 82.5 Å². The van der Waals surface area contributed by atoms with Crippen LogP contribution in [-0.2, 0) is 13.1 Å². The molecule has 2 aromatic carbocycles. The van der Waals surface area contributed by atoms with Gasteiger partial charge in [-0.1, -0.05) is 72.3 Å². The van der Waals surface area contributed by atoms with Gasteiger partial charge in [0.05, 0.1) is 6.04 Å². The monoisotopic (exact) mass is 525 g/mol. The van der Waals surface area contributed by atoms with Crippen LogP contribution in [0.5, 0.6) is 0 Å². The molecule has 0 saturated heterocycles. The van der Waals surface area contributed by atoms with Crippen molar-refractivity contribution >= 4 is 23.9 Å². The maximum Gasteiger partial charge on any atom is 0.407 e. The third kappa shape index (κ3) is 7.20. The molecule has 37 heavy (non-hydrogen) atoms. The van der Waals surface area contributed by atoms with Crippen molar-refractivity contribution in [2.75, 3.05) is 13.1 Å². The molecule has 1 heterocycles. The van der Waals surface area contributed by atoms with Crippen LogP contribution in [-0.4, -0.2) is 57.5 Å². The first-order chi connectivity index (χ1) is 17.6. The third-order valence-electron chi connectivity index (χ3n) is 6.89. The van der Waals surface area contributed by atoms with Gasteiger partial charge in [-0.3, -0.25) is 10.2 Å². The van der Waals surface area contributed by atoms with E-state index in [1.54, 1.807) is 6.21 Å². The van der Waals surface area contributed by atoms with Crippen LogP contribution in [0.4, 0.5) is 4.79 Å². The zero-order chi connectivity index (χ0) is 27.1. The van der Waals surface area contributed by atoms with Crippen LogP contribution in [0.3, 0.4) is 0 Å². The Labute approximate surface area is 226 Å². The lowest BCUT2D eigenvalue weighted by Crippen LogP contribution is -2.70. The first-order valence-corrected chi connectivity index (χ1v) is 13.2. The van der Waals surface area contributed by atoms with Crippen LogP contribution in [0, 0.1) is 0 Å². The van der Waals surface area contributed by atoms with Crippen LogP contribution in [0.25, 0.3) is 0 Å². The fraction of sp³-hybridized carbons (Fsp3) is 0.448. The van der Waals surface area contributed by atoms with Crippen molar-refractivity contribution in [3.63, 3.8) is 0 Å². The van der Waals surface area contributed by atoms with Crippen molar-refractivity contribution < 1.29 is 9.90 Å². The maximum absolute atomic E-state index is 11.7. The number of nitrogens with one attached hydrogen (secondary N) is 1. The van der Waals surface area contributed by atoms with E-state index in [4.69, 9.17) is 17.3 Å². The molecule has 2 atom stereocenters. The number of hydrogen-bond donors (Lipinski definition) is 3. The molecule has 3 rings (SSSR count). The number of hydrogen-bond acceptors (Lipinski definition) is 5. The molecule has 7 nitrogen and oxygen atoms in total. The smallest absolute Gasteiger partial charge is 0.407 e. The second-order valence-corrected chi connectivity index (χ2v) is 10.9. The van der Waals surface area contributed by atoms with E-state index in [0.717, 1.165) is 18.4 Å².